The smallest absolute Gasteiger partial charge is 0.416 e. The Bertz CT molecular complexity index is 694. The number of halogens is 4. The highest BCUT2D eigenvalue weighted by atomic mass is 32.1. The molecular weight excluding hydrogens is 310 g/mol. The van der Waals surface area contributed by atoms with Crippen molar-refractivity contribution in [2.45, 2.75) is 19.5 Å². The van der Waals surface area contributed by atoms with Crippen LogP contribution in [0.3, 0.4) is 0 Å². The molecule has 0 fully saturated rings. The lowest BCUT2D eigenvalue weighted by molar-refractivity contribution is -0.138. The Kier molecular flexibility index (Phi) is 3.99. The molecule has 0 aliphatic rings. The number of carboxylic acid groups (broad SMARTS) is 1. The van der Waals surface area contributed by atoms with E-state index in [4.69, 9.17) is 5.11 Å². The van der Waals surface area contributed by atoms with Crippen molar-refractivity contribution in [2.75, 3.05) is 0 Å². The van der Waals surface area contributed by atoms with Gasteiger partial charge in [-0.1, -0.05) is 0 Å². The standard InChI is InChI=1S/C13H9F4NO2S/c1-6-18-10(5-11(19)20)12(21-6)7-2-8(13(15,16)17)4-9(14)3-7/h2-4H,5H2,1H3,(H,19,20). The largest absolute Gasteiger partial charge is 0.481 e. The van der Waals surface area contributed by atoms with Gasteiger partial charge in [0, 0.05) is 0 Å². The maximum Gasteiger partial charge on any atom is 0.416 e. The second kappa shape index (κ2) is 5.44. The van der Waals surface area contributed by atoms with Gasteiger partial charge in [-0.15, -0.1) is 11.3 Å². The van der Waals surface area contributed by atoms with Crippen LogP contribution in [0, 0.1) is 12.7 Å². The van der Waals surface area contributed by atoms with Gasteiger partial charge in [0.2, 0.25) is 0 Å². The molecule has 0 aliphatic carbocycles. The van der Waals surface area contributed by atoms with Crippen LogP contribution in [0.2, 0.25) is 0 Å². The Hall–Kier alpha value is -1.96. The van der Waals surface area contributed by atoms with Crippen molar-refractivity contribution < 1.29 is 27.5 Å². The van der Waals surface area contributed by atoms with Crippen LogP contribution >= 0.6 is 11.3 Å². The van der Waals surface area contributed by atoms with Gasteiger partial charge in [-0.3, -0.25) is 4.79 Å². The summed E-state index contributed by atoms with van der Waals surface area (Å²) in [6.45, 7) is 1.60. The van der Waals surface area contributed by atoms with Crippen LogP contribution in [0.4, 0.5) is 17.6 Å². The number of rotatable bonds is 3. The van der Waals surface area contributed by atoms with E-state index in [-0.39, 0.29) is 16.1 Å². The van der Waals surface area contributed by atoms with Crippen LogP contribution in [-0.2, 0) is 17.4 Å². The zero-order valence-corrected chi connectivity index (χ0v) is 11.5. The second-order valence-corrected chi connectivity index (χ2v) is 5.51. The van der Waals surface area contributed by atoms with Crippen molar-refractivity contribution in [1.29, 1.82) is 0 Å². The highest BCUT2D eigenvalue weighted by Gasteiger charge is 2.32. The third kappa shape index (κ3) is 3.57. The molecule has 112 valence electrons. The van der Waals surface area contributed by atoms with Gasteiger partial charge in [-0.25, -0.2) is 9.37 Å². The molecule has 0 saturated carbocycles. The van der Waals surface area contributed by atoms with E-state index in [9.17, 15) is 22.4 Å². The third-order valence-electron chi connectivity index (χ3n) is 2.61. The van der Waals surface area contributed by atoms with Gasteiger partial charge in [0.05, 0.1) is 27.6 Å². The molecule has 1 N–H and O–H groups in total. The summed E-state index contributed by atoms with van der Waals surface area (Å²) >= 11 is 1.03. The SMILES string of the molecule is Cc1nc(CC(=O)O)c(-c2cc(F)cc(C(F)(F)F)c2)s1. The minimum Gasteiger partial charge on any atom is -0.481 e. The molecule has 1 aromatic heterocycles. The van der Waals surface area contributed by atoms with E-state index < -0.39 is 29.9 Å². The molecule has 21 heavy (non-hydrogen) atoms. The first kappa shape index (κ1) is 15.4. The minimum absolute atomic E-state index is 0.0239. The number of carbonyl (C=O) groups is 1. The monoisotopic (exact) mass is 319 g/mol. The lowest BCUT2D eigenvalue weighted by atomic mass is 10.1. The van der Waals surface area contributed by atoms with Crippen molar-refractivity contribution >= 4 is 17.3 Å². The van der Waals surface area contributed by atoms with Crippen LogP contribution in [-0.4, -0.2) is 16.1 Å². The van der Waals surface area contributed by atoms with E-state index in [2.05, 4.69) is 4.98 Å². The molecule has 0 amide bonds. The normalized spacial score (nSPS) is 11.7. The summed E-state index contributed by atoms with van der Waals surface area (Å²) in [4.78, 5) is 15.0. The number of aromatic nitrogens is 1. The molecule has 8 heteroatoms. The fraction of sp³-hybridized carbons (Fsp3) is 0.231. The van der Waals surface area contributed by atoms with Gasteiger partial charge in [0.25, 0.3) is 0 Å². The predicted octanol–water partition coefficient (Wildman–Crippen LogP) is 3.90. The zero-order valence-electron chi connectivity index (χ0n) is 10.7. The number of hydrogen-bond donors (Lipinski definition) is 1. The molecule has 0 aliphatic heterocycles. The summed E-state index contributed by atoms with van der Waals surface area (Å²) in [6.07, 6.45) is -5.11. The summed E-state index contributed by atoms with van der Waals surface area (Å²) in [6, 6.07) is 2.13. The number of nitrogens with zero attached hydrogens (tertiary/aromatic N) is 1. The topological polar surface area (TPSA) is 50.2 Å². The number of hydrogen-bond acceptors (Lipinski definition) is 3. The van der Waals surface area contributed by atoms with Gasteiger partial charge in [-0.2, -0.15) is 13.2 Å². The fourth-order valence-corrected chi connectivity index (χ4v) is 2.77. The molecule has 3 nitrogen and oxygen atoms in total. The Morgan fingerprint density at radius 1 is 1.33 bits per heavy atom. The second-order valence-electron chi connectivity index (χ2n) is 4.31. The van der Waals surface area contributed by atoms with Crippen LogP contribution in [0.15, 0.2) is 18.2 Å². The Morgan fingerprint density at radius 2 is 2.00 bits per heavy atom. The molecule has 0 atom stereocenters. The van der Waals surface area contributed by atoms with Crippen molar-refractivity contribution in [3.8, 4) is 10.4 Å². The first-order valence-corrected chi connectivity index (χ1v) is 6.54. The molecule has 2 rings (SSSR count). The molecule has 0 radical (unpaired) electrons. The number of alkyl halides is 3. The number of thiazole rings is 1. The van der Waals surface area contributed by atoms with Gasteiger partial charge < -0.3 is 5.11 Å². The van der Waals surface area contributed by atoms with E-state index in [1.54, 1.807) is 6.92 Å². The molecule has 0 spiro atoms. The Balaban J connectivity index is 2.56. The predicted molar refractivity (Wildman–Crippen MR) is 68.6 cm³/mol. The summed E-state index contributed by atoms with van der Waals surface area (Å²) in [5, 5.41) is 9.30. The van der Waals surface area contributed by atoms with E-state index in [0.717, 1.165) is 23.5 Å². The number of aliphatic carboxylic acids is 1. The van der Waals surface area contributed by atoms with Gasteiger partial charge in [0.15, 0.2) is 0 Å². The van der Waals surface area contributed by atoms with Crippen LogP contribution < -0.4 is 0 Å². The summed E-state index contributed by atoms with van der Waals surface area (Å²) in [5.41, 5.74) is -1.02. The molecule has 0 bridgehead atoms. The third-order valence-corrected chi connectivity index (χ3v) is 3.67. The summed E-state index contributed by atoms with van der Waals surface area (Å²) in [5.74, 6) is -2.19. The molecule has 1 aromatic carbocycles. The summed E-state index contributed by atoms with van der Waals surface area (Å²) < 4.78 is 51.5. The van der Waals surface area contributed by atoms with Gasteiger partial charge >= 0.3 is 12.1 Å². The summed E-state index contributed by atoms with van der Waals surface area (Å²) in [7, 11) is 0. The highest BCUT2D eigenvalue weighted by molar-refractivity contribution is 7.15. The van der Waals surface area contributed by atoms with Gasteiger partial charge in [-0.05, 0) is 30.7 Å². The number of aryl methyl sites for hydroxylation is 1. The quantitative estimate of drug-likeness (QED) is 0.873. The van der Waals surface area contributed by atoms with Crippen LogP contribution in [0.5, 0.6) is 0 Å². The highest BCUT2D eigenvalue weighted by Crippen LogP contribution is 2.36. The van der Waals surface area contributed by atoms with Gasteiger partial charge in [0.1, 0.15) is 5.82 Å². The van der Waals surface area contributed by atoms with E-state index in [1.807, 2.05) is 0 Å². The molecule has 1 heterocycles. The molecule has 0 unspecified atom stereocenters. The number of benzene rings is 1. The van der Waals surface area contributed by atoms with Crippen molar-refractivity contribution in [2.24, 2.45) is 0 Å². The first-order valence-electron chi connectivity index (χ1n) is 5.73. The van der Waals surface area contributed by atoms with Crippen LogP contribution in [0.1, 0.15) is 16.3 Å². The lowest BCUT2D eigenvalue weighted by Gasteiger charge is -2.09. The Morgan fingerprint density at radius 3 is 2.57 bits per heavy atom. The van der Waals surface area contributed by atoms with Crippen molar-refractivity contribution in [1.82, 2.24) is 4.98 Å². The van der Waals surface area contributed by atoms with Crippen molar-refractivity contribution in [3.63, 3.8) is 0 Å². The van der Waals surface area contributed by atoms with E-state index >= 15 is 0 Å². The van der Waals surface area contributed by atoms with Crippen LogP contribution in [0.25, 0.3) is 10.4 Å². The fourth-order valence-electron chi connectivity index (χ4n) is 1.84. The van der Waals surface area contributed by atoms with E-state index in [1.165, 1.54) is 0 Å². The van der Waals surface area contributed by atoms with Crippen molar-refractivity contribution in [3.05, 3.63) is 40.3 Å². The number of carboxylic acids is 1. The first-order chi connectivity index (χ1) is 9.66. The minimum atomic E-state index is -4.68. The molecule has 0 saturated heterocycles. The molecular formula is C13H9F4NO2S. The maximum atomic E-state index is 13.4. The molecule has 2 aromatic rings. The average Bonchev–Trinajstić information content (AvgIpc) is 2.67. The van der Waals surface area contributed by atoms with E-state index in [0.29, 0.717) is 11.1 Å². The average molecular weight is 319 g/mol. The zero-order chi connectivity index (χ0) is 15.8. The Labute approximate surface area is 120 Å². The lowest BCUT2D eigenvalue weighted by Crippen LogP contribution is -2.06. The maximum absolute atomic E-state index is 13.4.